The number of aromatic nitrogens is 3. The predicted octanol–water partition coefficient (Wildman–Crippen LogP) is 0.568. The molecular formula is C12H20N4O3. The Morgan fingerprint density at radius 2 is 2.16 bits per heavy atom. The Kier molecular flexibility index (Phi) is 4.63. The zero-order valence-electron chi connectivity index (χ0n) is 11.7. The number of hydrogen-bond donors (Lipinski definition) is 2. The molecule has 0 aliphatic carbocycles. The monoisotopic (exact) mass is 268 g/mol. The summed E-state index contributed by atoms with van der Waals surface area (Å²) in [5, 5.41) is 15.9. The van der Waals surface area contributed by atoms with Crippen LogP contribution in [0.5, 0.6) is 0 Å². The Morgan fingerprint density at radius 1 is 1.53 bits per heavy atom. The molecule has 1 atom stereocenters. The smallest absolute Gasteiger partial charge is 0.310 e. The predicted molar refractivity (Wildman–Crippen MR) is 68.0 cm³/mol. The second-order valence-corrected chi connectivity index (χ2v) is 5.17. The number of carboxylic acids is 1. The molecule has 1 rings (SSSR count). The molecule has 1 aromatic rings. The van der Waals surface area contributed by atoms with Crippen LogP contribution < -0.4 is 5.32 Å². The molecule has 2 N–H and O–H groups in total. The molecule has 0 radical (unpaired) electrons. The molecule has 0 saturated carbocycles. The maximum absolute atomic E-state index is 11.8. The Balaban J connectivity index is 2.57. The largest absolute Gasteiger partial charge is 0.481 e. The Labute approximate surface area is 112 Å². The fourth-order valence-electron chi connectivity index (χ4n) is 1.57. The molecule has 1 heterocycles. The Morgan fingerprint density at radius 3 is 2.58 bits per heavy atom. The van der Waals surface area contributed by atoms with Gasteiger partial charge in [-0.15, -0.1) is 0 Å². The van der Waals surface area contributed by atoms with Gasteiger partial charge in [-0.1, -0.05) is 13.8 Å². The van der Waals surface area contributed by atoms with Crippen LogP contribution in [0.4, 0.5) is 0 Å². The molecule has 0 fully saturated rings. The summed E-state index contributed by atoms with van der Waals surface area (Å²) in [6.07, 6.45) is 1.48. The molecule has 19 heavy (non-hydrogen) atoms. The molecule has 7 nitrogen and oxygen atoms in total. The van der Waals surface area contributed by atoms with Crippen LogP contribution in [0.2, 0.25) is 0 Å². The topological polar surface area (TPSA) is 97.1 Å². The second-order valence-electron chi connectivity index (χ2n) is 5.17. The first kappa shape index (κ1) is 15.1. The van der Waals surface area contributed by atoms with Crippen molar-refractivity contribution in [3.63, 3.8) is 0 Å². The van der Waals surface area contributed by atoms with Crippen molar-refractivity contribution in [2.45, 2.75) is 33.7 Å². The van der Waals surface area contributed by atoms with Crippen molar-refractivity contribution in [3.8, 4) is 0 Å². The Bertz CT molecular complexity index is 469. The maximum Gasteiger partial charge on any atom is 0.310 e. The quantitative estimate of drug-likeness (QED) is 0.786. The normalized spacial score (nSPS) is 14.2. The van der Waals surface area contributed by atoms with Gasteiger partial charge in [-0.05, 0) is 12.8 Å². The second kappa shape index (κ2) is 5.81. The van der Waals surface area contributed by atoms with E-state index in [2.05, 4.69) is 15.4 Å². The summed E-state index contributed by atoms with van der Waals surface area (Å²) >= 11 is 0. The van der Waals surface area contributed by atoms with Gasteiger partial charge in [0.1, 0.15) is 6.33 Å². The van der Waals surface area contributed by atoms with Crippen molar-refractivity contribution in [1.29, 1.82) is 0 Å². The van der Waals surface area contributed by atoms with Gasteiger partial charge < -0.3 is 10.4 Å². The molecule has 0 bridgehead atoms. The average Bonchev–Trinajstić information content (AvgIpc) is 2.72. The number of carboxylic acid groups (broad SMARTS) is 1. The van der Waals surface area contributed by atoms with Crippen molar-refractivity contribution in [2.75, 3.05) is 0 Å². The SMILES string of the molecule is CC(C)C(C)(CC(=O)NCc1ncn(C)n1)C(=O)O. The molecule has 1 amide bonds. The highest BCUT2D eigenvalue weighted by Crippen LogP contribution is 2.31. The third-order valence-electron chi connectivity index (χ3n) is 3.38. The molecule has 1 unspecified atom stereocenters. The minimum absolute atomic E-state index is 0.0627. The van der Waals surface area contributed by atoms with Gasteiger partial charge in [-0.2, -0.15) is 5.10 Å². The zero-order chi connectivity index (χ0) is 14.6. The highest BCUT2D eigenvalue weighted by molar-refractivity contribution is 5.84. The molecule has 0 aliphatic heterocycles. The van der Waals surface area contributed by atoms with E-state index in [1.165, 1.54) is 11.0 Å². The third kappa shape index (κ3) is 3.77. The van der Waals surface area contributed by atoms with Crippen LogP contribution >= 0.6 is 0 Å². The standard InChI is InChI=1S/C12H20N4O3/c1-8(2)12(3,11(18)19)5-10(17)13-6-9-14-7-16(4)15-9/h7-8H,5-6H2,1-4H3,(H,13,17)(H,18,19). The lowest BCUT2D eigenvalue weighted by Crippen LogP contribution is -2.39. The van der Waals surface area contributed by atoms with Gasteiger partial charge in [0.2, 0.25) is 5.91 Å². The van der Waals surface area contributed by atoms with E-state index in [-0.39, 0.29) is 24.8 Å². The van der Waals surface area contributed by atoms with Crippen LogP contribution in [0, 0.1) is 11.3 Å². The number of amides is 1. The Hall–Kier alpha value is -1.92. The van der Waals surface area contributed by atoms with E-state index in [0.717, 1.165) is 0 Å². The van der Waals surface area contributed by atoms with Crippen LogP contribution in [-0.2, 0) is 23.2 Å². The molecular weight excluding hydrogens is 248 g/mol. The minimum Gasteiger partial charge on any atom is -0.481 e. The first-order chi connectivity index (χ1) is 8.75. The summed E-state index contributed by atoms with van der Waals surface area (Å²) in [7, 11) is 1.73. The van der Waals surface area contributed by atoms with E-state index in [4.69, 9.17) is 0 Å². The van der Waals surface area contributed by atoms with Crippen molar-refractivity contribution in [3.05, 3.63) is 12.2 Å². The molecule has 1 aromatic heterocycles. The molecule has 0 aromatic carbocycles. The fourth-order valence-corrected chi connectivity index (χ4v) is 1.57. The van der Waals surface area contributed by atoms with Crippen LogP contribution in [-0.4, -0.2) is 31.7 Å². The molecule has 0 saturated heterocycles. The van der Waals surface area contributed by atoms with E-state index in [1.807, 2.05) is 0 Å². The maximum atomic E-state index is 11.8. The van der Waals surface area contributed by atoms with E-state index in [1.54, 1.807) is 27.8 Å². The highest BCUT2D eigenvalue weighted by atomic mass is 16.4. The molecule has 106 valence electrons. The van der Waals surface area contributed by atoms with Crippen LogP contribution in [0.25, 0.3) is 0 Å². The van der Waals surface area contributed by atoms with Gasteiger partial charge in [0.05, 0.1) is 12.0 Å². The van der Waals surface area contributed by atoms with Crippen molar-refractivity contribution >= 4 is 11.9 Å². The van der Waals surface area contributed by atoms with Gasteiger partial charge in [0.25, 0.3) is 0 Å². The van der Waals surface area contributed by atoms with Gasteiger partial charge in [0, 0.05) is 13.5 Å². The van der Waals surface area contributed by atoms with E-state index < -0.39 is 11.4 Å². The first-order valence-corrected chi connectivity index (χ1v) is 6.10. The molecule has 7 heteroatoms. The number of carbonyl (C=O) groups is 2. The fraction of sp³-hybridized carbons (Fsp3) is 0.667. The minimum atomic E-state index is -1.07. The van der Waals surface area contributed by atoms with E-state index in [0.29, 0.717) is 5.82 Å². The molecule has 0 spiro atoms. The van der Waals surface area contributed by atoms with Crippen molar-refractivity contribution in [1.82, 2.24) is 20.1 Å². The summed E-state index contributed by atoms with van der Waals surface area (Å²) in [6, 6.07) is 0. The van der Waals surface area contributed by atoms with Gasteiger partial charge in [0.15, 0.2) is 5.82 Å². The summed E-state index contributed by atoms with van der Waals surface area (Å²) < 4.78 is 1.54. The third-order valence-corrected chi connectivity index (χ3v) is 3.38. The number of carbonyl (C=O) groups excluding carboxylic acids is 1. The van der Waals surface area contributed by atoms with Gasteiger partial charge in [-0.3, -0.25) is 14.3 Å². The number of hydrogen-bond acceptors (Lipinski definition) is 4. The number of aliphatic carboxylic acids is 1. The lowest BCUT2D eigenvalue weighted by molar-refractivity contribution is -0.153. The van der Waals surface area contributed by atoms with Crippen LogP contribution in [0.1, 0.15) is 33.0 Å². The van der Waals surface area contributed by atoms with Gasteiger partial charge in [-0.25, -0.2) is 4.98 Å². The average molecular weight is 268 g/mol. The van der Waals surface area contributed by atoms with E-state index >= 15 is 0 Å². The summed E-state index contributed by atoms with van der Waals surface area (Å²) in [4.78, 5) is 27.1. The lowest BCUT2D eigenvalue weighted by Gasteiger charge is -2.28. The van der Waals surface area contributed by atoms with Crippen LogP contribution in [0.15, 0.2) is 6.33 Å². The molecule has 0 aliphatic rings. The summed E-state index contributed by atoms with van der Waals surface area (Å²) in [6.45, 7) is 5.37. The van der Waals surface area contributed by atoms with E-state index in [9.17, 15) is 14.7 Å². The number of rotatable bonds is 6. The number of nitrogens with one attached hydrogen (secondary N) is 1. The van der Waals surface area contributed by atoms with Crippen molar-refractivity contribution in [2.24, 2.45) is 18.4 Å². The highest BCUT2D eigenvalue weighted by Gasteiger charge is 2.38. The first-order valence-electron chi connectivity index (χ1n) is 6.10. The van der Waals surface area contributed by atoms with Crippen molar-refractivity contribution < 1.29 is 14.7 Å². The summed E-state index contributed by atoms with van der Waals surface area (Å²) in [5.74, 6) is -0.916. The number of nitrogens with zero attached hydrogens (tertiary/aromatic N) is 3. The van der Waals surface area contributed by atoms with Crippen LogP contribution in [0.3, 0.4) is 0 Å². The van der Waals surface area contributed by atoms with Gasteiger partial charge >= 0.3 is 5.97 Å². The summed E-state index contributed by atoms with van der Waals surface area (Å²) in [5.41, 5.74) is -1.07. The zero-order valence-corrected chi connectivity index (χ0v) is 11.7. The number of aryl methyl sites for hydroxylation is 1. The lowest BCUT2D eigenvalue weighted by atomic mass is 9.76.